The summed E-state index contributed by atoms with van der Waals surface area (Å²) in [5.74, 6) is -0.576. The van der Waals surface area contributed by atoms with Crippen molar-refractivity contribution in [3.63, 3.8) is 0 Å². The largest absolute Gasteiger partial charge is 0.465 e. The molecule has 4 nitrogen and oxygen atoms in total. The number of carbonyl (C=O) groups is 2. The molecule has 0 aliphatic heterocycles. The zero-order valence-corrected chi connectivity index (χ0v) is 15.6. The molecule has 6 heteroatoms. The van der Waals surface area contributed by atoms with E-state index in [1.54, 1.807) is 12.1 Å². The van der Waals surface area contributed by atoms with Crippen LogP contribution in [0.3, 0.4) is 0 Å². The number of amides is 1. The third kappa shape index (κ3) is 3.42. The predicted octanol–water partition coefficient (Wildman–Crippen LogP) is 4.27. The van der Waals surface area contributed by atoms with Crippen LogP contribution in [0.15, 0.2) is 24.3 Å². The number of carbonyl (C=O) groups excluding carboxylic acids is 2. The number of anilines is 1. The average molecular weight is 441 g/mol. The lowest BCUT2D eigenvalue weighted by atomic mass is 9.95. The number of rotatable bonds is 3. The van der Waals surface area contributed by atoms with Gasteiger partial charge in [-0.3, -0.25) is 4.79 Å². The zero-order chi connectivity index (χ0) is 16.4. The van der Waals surface area contributed by atoms with Crippen LogP contribution in [0.1, 0.15) is 44.0 Å². The van der Waals surface area contributed by atoms with Crippen LogP contribution in [0.4, 0.5) is 5.00 Å². The fourth-order valence-electron chi connectivity index (χ4n) is 2.75. The molecule has 1 aromatic carbocycles. The van der Waals surface area contributed by atoms with Gasteiger partial charge in [-0.15, -0.1) is 11.3 Å². The quantitative estimate of drug-likeness (QED) is 0.572. The summed E-state index contributed by atoms with van der Waals surface area (Å²) in [7, 11) is 1.37. The molecule has 0 unspecified atom stereocenters. The molecule has 1 aromatic heterocycles. The summed E-state index contributed by atoms with van der Waals surface area (Å²) in [4.78, 5) is 25.8. The fourth-order valence-corrected chi connectivity index (χ4v) is 4.38. The Morgan fingerprint density at radius 2 is 1.87 bits per heavy atom. The van der Waals surface area contributed by atoms with E-state index in [2.05, 4.69) is 27.9 Å². The highest BCUT2D eigenvalue weighted by atomic mass is 127. The first-order valence-electron chi connectivity index (χ1n) is 7.40. The Hall–Kier alpha value is -1.41. The normalized spacial score (nSPS) is 13.3. The standard InChI is InChI=1S/C17H16INO3S/c1-22-17(21)14-12-4-2-3-5-13(12)23-16(14)19-15(20)10-6-8-11(18)9-7-10/h6-9H,2-5H2,1H3,(H,19,20). The topological polar surface area (TPSA) is 55.4 Å². The molecule has 1 amide bonds. The summed E-state index contributed by atoms with van der Waals surface area (Å²) >= 11 is 3.69. The second-order valence-electron chi connectivity index (χ2n) is 5.37. The first kappa shape index (κ1) is 16.4. The van der Waals surface area contributed by atoms with Crippen LogP contribution < -0.4 is 5.32 Å². The van der Waals surface area contributed by atoms with Gasteiger partial charge in [0.25, 0.3) is 5.91 Å². The Balaban J connectivity index is 1.93. The van der Waals surface area contributed by atoms with Gasteiger partial charge in [-0.1, -0.05) is 0 Å². The third-order valence-corrected chi connectivity index (χ3v) is 5.82. The van der Waals surface area contributed by atoms with Crippen molar-refractivity contribution in [2.24, 2.45) is 0 Å². The maximum absolute atomic E-state index is 12.4. The van der Waals surface area contributed by atoms with Gasteiger partial charge in [0.2, 0.25) is 0 Å². The van der Waals surface area contributed by atoms with Crippen LogP contribution in [0.5, 0.6) is 0 Å². The molecule has 0 radical (unpaired) electrons. The number of fused-ring (bicyclic) bond motifs is 1. The summed E-state index contributed by atoms with van der Waals surface area (Å²) in [6.07, 6.45) is 4.02. The molecular formula is C17H16INO3S. The van der Waals surface area contributed by atoms with Crippen molar-refractivity contribution in [2.75, 3.05) is 12.4 Å². The Labute approximate surface area is 152 Å². The predicted molar refractivity (Wildman–Crippen MR) is 99.4 cm³/mol. The van der Waals surface area contributed by atoms with E-state index >= 15 is 0 Å². The number of hydrogen-bond donors (Lipinski definition) is 1. The Morgan fingerprint density at radius 3 is 2.57 bits per heavy atom. The van der Waals surface area contributed by atoms with E-state index in [1.807, 2.05) is 12.1 Å². The van der Waals surface area contributed by atoms with Crippen molar-refractivity contribution < 1.29 is 14.3 Å². The Bertz CT molecular complexity index is 752. The molecule has 0 atom stereocenters. The molecular weight excluding hydrogens is 425 g/mol. The van der Waals surface area contributed by atoms with Crippen LogP contribution >= 0.6 is 33.9 Å². The number of nitrogens with one attached hydrogen (secondary N) is 1. The molecule has 120 valence electrons. The molecule has 1 aliphatic rings. The first-order chi connectivity index (χ1) is 11.1. The number of thiophene rings is 1. The lowest BCUT2D eigenvalue weighted by Crippen LogP contribution is -2.15. The van der Waals surface area contributed by atoms with E-state index in [0.717, 1.165) is 34.8 Å². The van der Waals surface area contributed by atoms with Crippen molar-refractivity contribution in [3.8, 4) is 0 Å². The van der Waals surface area contributed by atoms with E-state index in [9.17, 15) is 9.59 Å². The molecule has 0 saturated heterocycles. The van der Waals surface area contributed by atoms with E-state index in [1.165, 1.54) is 23.3 Å². The van der Waals surface area contributed by atoms with Gasteiger partial charge < -0.3 is 10.1 Å². The summed E-state index contributed by atoms with van der Waals surface area (Å²) in [5.41, 5.74) is 2.16. The van der Waals surface area contributed by atoms with Crippen molar-refractivity contribution in [1.82, 2.24) is 0 Å². The minimum absolute atomic E-state index is 0.204. The van der Waals surface area contributed by atoms with Crippen molar-refractivity contribution in [3.05, 3.63) is 49.4 Å². The van der Waals surface area contributed by atoms with Crippen molar-refractivity contribution in [1.29, 1.82) is 0 Å². The first-order valence-corrected chi connectivity index (χ1v) is 9.29. The molecule has 0 fully saturated rings. The van der Waals surface area contributed by atoms with E-state index in [4.69, 9.17) is 4.74 Å². The molecule has 0 saturated carbocycles. The molecule has 0 spiro atoms. The number of aryl methyl sites for hydroxylation is 1. The summed E-state index contributed by atoms with van der Waals surface area (Å²) in [6, 6.07) is 7.33. The lowest BCUT2D eigenvalue weighted by Gasteiger charge is -2.11. The molecule has 1 aliphatic carbocycles. The van der Waals surface area contributed by atoms with Crippen LogP contribution in [-0.2, 0) is 17.6 Å². The van der Waals surface area contributed by atoms with Crippen LogP contribution in [0.25, 0.3) is 0 Å². The lowest BCUT2D eigenvalue weighted by molar-refractivity contribution is 0.0601. The zero-order valence-electron chi connectivity index (χ0n) is 12.6. The van der Waals surface area contributed by atoms with E-state index in [0.29, 0.717) is 16.1 Å². The maximum atomic E-state index is 12.4. The SMILES string of the molecule is COC(=O)c1c(NC(=O)c2ccc(I)cc2)sc2c1CCCC2. The number of halogens is 1. The average Bonchev–Trinajstić information content (AvgIpc) is 2.92. The van der Waals surface area contributed by atoms with E-state index in [-0.39, 0.29) is 11.9 Å². The Kier molecular flexibility index (Phi) is 5.01. The highest BCUT2D eigenvalue weighted by molar-refractivity contribution is 14.1. The molecule has 0 bridgehead atoms. The maximum Gasteiger partial charge on any atom is 0.341 e. The number of hydrogen-bond acceptors (Lipinski definition) is 4. The molecule has 23 heavy (non-hydrogen) atoms. The van der Waals surface area contributed by atoms with Crippen molar-refractivity contribution in [2.45, 2.75) is 25.7 Å². The second kappa shape index (κ2) is 7.00. The van der Waals surface area contributed by atoms with Crippen molar-refractivity contribution >= 4 is 50.8 Å². The van der Waals surface area contributed by atoms with Crippen LogP contribution in [0, 0.1) is 3.57 Å². The van der Waals surface area contributed by atoms with Gasteiger partial charge in [-0.2, -0.15) is 0 Å². The Morgan fingerprint density at radius 1 is 1.17 bits per heavy atom. The summed E-state index contributed by atoms with van der Waals surface area (Å²) in [5, 5.41) is 3.50. The van der Waals surface area contributed by atoms with Gasteiger partial charge in [-0.25, -0.2) is 4.79 Å². The minimum atomic E-state index is -0.373. The molecule has 2 aromatic rings. The van der Waals surface area contributed by atoms with Gasteiger partial charge in [0, 0.05) is 14.0 Å². The van der Waals surface area contributed by atoms with Gasteiger partial charge in [0.1, 0.15) is 5.00 Å². The number of esters is 1. The van der Waals surface area contributed by atoms with Crippen LogP contribution in [0.2, 0.25) is 0 Å². The summed E-state index contributed by atoms with van der Waals surface area (Å²) < 4.78 is 5.99. The smallest absolute Gasteiger partial charge is 0.341 e. The molecule has 1 heterocycles. The van der Waals surface area contributed by atoms with E-state index < -0.39 is 0 Å². The monoisotopic (exact) mass is 441 g/mol. The fraction of sp³-hybridized carbons (Fsp3) is 0.294. The van der Waals surface area contributed by atoms with Gasteiger partial charge in [0.15, 0.2) is 0 Å². The minimum Gasteiger partial charge on any atom is -0.465 e. The van der Waals surface area contributed by atoms with Gasteiger partial charge in [-0.05, 0) is 78.1 Å². The molecule has 1 N–H and O–H groups in total. The highest BCUT2D eigenvalue weighted by Crippen LogP contribution is 2.38. The number of benzene rings is 1. The third-order valence-electron chi connectivity index (χ3n) is 3.89. The van der Waals surface area contributed by atoms with Crippen LogP contribution in [-0.4, -0.2) is 19.0 Å². The highest BCUT2D eigenvalue weighted by Gasteiger charge is 2.27. The molecule has 3 rings (SSSR count). The van der Waals surface area contributed by atoms with Gasteiger partial charge >= 0.3 is 5.97 Å². The summed E-state index contributed by atoms with van der Waals surface area (Å²) in [6.45, 7) is 0. The second-order valence-corrected chi connectivity index (χ2v) is 7.72. The van der Waals surface area contributed by atoms with Gasteiger partial charge in [0.05, 0.1) is 12.7 Å². The number of methoxy groups -OCH3 is 1. The number of ether oxygens (including phenoxy) is 1.